The first-order valence-corrected chi connectivity index (χ1v) is 6.43. The molecule has 0 spiro atoms. The fraction of sp³-hybridized carbons (Fsp3) is 0.571. The largest absolute Gasteiger partial charge is 0.416 e. The van der Waals surface area contributed by atoms with Gasteiger partial charge in [-0.25, -0.2) is 0 Å². The van der Waals surface area contributed by atoms with Gasteiger partial charge < -0.3 is 0 Å². The molecule has 19 heavy (non-hydrogen) atoms. The molecule has 0 saturated heterocycles. The van der Waals surface area contributed by atoms with Gasteiger partial charge in [-0.2, -0.15) is 13.2 Å². The van der Waals surface area contributed by atoms with Crippen molar-refractivity contribution in [3.8, 4) is 0 Å². The summed E-state index contributed by atoms with van der Waals surface area (Å²) in [5, 5.41) is 0. The van der Waals surface area contributed by atoms with E-state index in [4.69, 9.17) is 5.84 Å². The van der Waals surface area contributed by atoms with E-state index in [1.54, 1.807) is 6.92 Å². The van der Waals surface area contributed by atoms with Crippen LogP contribution >= 0.6 is 0 Å². The van der Waals surface area contributed by atoms with Crippen molar-refractivity contribution < 1.29 is 13.2 Å². The van der Waals surface area contributed by atoms with Gasteiger partial charge in [0.25, 0.3) is 0 Å². The first kappa shape index (κ1) is 16.0. The molecule has 0 saturated carbocycles. The van der Waals surface area contributed by atoms with Crippen molar-refractivity contribution in [1.82, 2.24) is 5.43 Å². The van der Waals surface area contributed by atoms with Crippen molar-refractivity contribution in [3.05, 3.63) is 34.9 Å². The van der Waals surface area contributed by atoms with Gasteiger partial charge >= 0.3 is 6.18 Å². The molecule has 0 fully saturated rings. The van der Waals surface area contributed by atoms with Gasteiger partial charge in [-0.3, -0.25) is 11.3 Å². The highest BCUT2D eigenvalue weighted by Crippen LogP contribution is 2.32. The molecule has 0 aromatic heterocycles. The fourth-order valence-corrected chi connectivity index (χ4v) is 2.10. The third kappa shape index (κ3) is 4.21. The molecule has 0 amide bonds. The Morgan fingerprint density at radius 2 is 1.95 bits per heavy atom. The number of benzene rings is 1. The third-order valence-electron chi connectivity index (χ3n) is 3.51. The zero-order valence-electron chi connectivity index (χ0n) is 11.5. The number of halogens is 3. The van der Waals surface area contributed by atoms with E-state index < -0.39 is 11.7 Å². The molecule has 0 aliphatic heterocycles. The lowest BCUT2D eigenvalue weighted by molar-refractivity contribution is -0.137. The predicted octanol–water partition coefficient (Wildman–Crippen LogP) is 3.95. The minimum Gasteiger partial charge on any atom is -0.271 e. The van der Waals surface area contributed by atoms with Crippen LogP contribution < -0.4 is 11.3 Å². The molecule has 1 aromatic carbocycles. The number of hydrazine groups is 1. The summed E-state index contributed by atoms with van der Waals surface area (Å²) in [5.74, 6) is 5.99. The number of rotatable bonds is 5. The minimum atomic E-state index is -4.30. The van der Waals surface area contributed by atoms with Crippen molar-refractivity contribution in [3.63, 3.8) is 0 Å². The molecule has 0 aliphatic carbocycles. The molecule has 0 bridgehead atoms. The maximum atomic E-state index is 12.6. The van der Waals surface area contributed by atoms with E-state index in [1.807, 2.05) is 0 Å². The number of hydrogen-bond acceptors (Lipinski definition) is 2. The zero-order chi connectivity index (χ0) is 14.6. The maximum absolute atomic E-state index is 12.6. The SMILES string of the molecule is CCC(C)CC(NN)c1ccc(C(F)(F)F)cc1C. The van der Waals surface area contributed by atoms with Gasteiger partial charge in [0.15, 0.2) is 0 Å². The van der Waals surface area contributed by atoms with E-state index in [9.17, 15) is 13.2 Å². The number of hydrogen-bond donors (Lipinski definition) is 2. The van der Waals surface area contributed by atoms with Crippen LogP contribution in [0.1, 0.15) is 49.4 Å². The number of aryl methyl sites for hydroxylation is 1. The number of alkyl halides is 3. The van der Waals surface area contributed by atoms with E-state index >= 15 is 0 Å². The highest BCUT2D eigenvalue weighted by atomic mass is 19.4. The predicted molar refractivity (Wildman–Crippen MR) is 70.3 cm³/mol. The lowest BCUT2D eigenvalue weighted by Gasteiger charge is -2.22. The summed E-state index contributed by atoms with van der Waals surface area (Å²) in [6, 6.07) is 3.70. The van der Waals surface area contributed by atoms with E-state index in [2.05, 4.69) is 19.3 Å². The Hall–Kier alpha value is -1.07. The first-order chi connectivity index (χ1) is 8.79. The maximum Gasteiger partial charge on any atom is 0.416 e. The van der Waals surface area contributed by atoms with E-state index in [0.29, 0.717) is 11.5 Å². The minimum absolute atomic E-state index is 0.114. The van der Waals surface area contributed by atoms with Crippen LogP contribution in [-0.4, -0.2) is 0 Å². The molecular formula is C14H21F3N2. The van der Waals surface area contributed by atoms with Crippen molar-refractivity contribution in [2.24, 2.45) is 11.8 Å². The van der Waals surface area contributed by atoms with E-state index in [0.717, 1.165) is 24.5 Å². The second-order valence-corrected chi connectivity index (χ2v) is 5.04. The quantitative estimate of drug-likeness (QED) is 0.630. The fourth-order valence-electron chi connectivity index (χ4n) is 2.10. The van der Waals surface area contributed by atoms with Gasteiger partial charge in [-0.15, -0.1) is 0 Å². The number of nitrogens with two attached hydrogens (primary N) is 1. The van der Waals surface area contributed by atoms with Crippen LogP contribution in [0.4, 0.5) is 13.2 Å². The smallest absolute Gasteiger partial charge is 0.271 e. The molecule has 2 atom stereocenters. The summed E-state index contributed by atoms with van der Waals surface area (Å²) >= 11 is 0. The Morgan fingerprint density at radius 1 is 1.32 bits per heavy atom. The van der Waals surface area contributed by atoms with E-state index in [-0.39, 0.29) is 6.04 Å². The lowest BCUT2D eigenvalue weighted by Crippen LogP contribution is -2.30. The summed E-state index contributed by atoms with van der Waals surface area (Å²) in [6.07, 6.45) is -2.48. The molecular weight excluding hydrogens is 253 g/mol. The van der Waals surface area contributed by atoms with Crippen molar-refractivity contribution in [2.75, 3.05) is 0 Å². The van der Waals surface area contributed by atoms with Gasteiger partial charge in [0.2, 0.25) is 0 Å². The van der Waals surface area contributed by atoms with E-state index in [1.165, 1.54) is 12.1 Å². The Labute approximate surface area is 112 Å². The summed E-state index contributed by atoms with van der Waals surface area (Å²) in [6.45, 7) is 5.87. The topological polar surface area (TPSA) is 38.0 Å². The van der Waals surface area contributed by atoms with Crippen LogP contribution in [0, 0.1) is 12.8 Å². The van der Waals surface area contributed by atoms with Crippen LogP contribution in [0.15, 0.2) is 18.2 Å². The number of nitrogens with one attached hydrogen (secondary N) is 1. The average molecular weight is 274 g/mol. The highest BCUT2D eigenvalue weighted by molar-refractivity contribution is 5.34. The first-order valence-electron chi connectivity index (χ1n) is 6.43. The third-order valence-corrected chi connectivity index (χ3v) is 3.51. The molecule has 2 unspecified atom stereocenters. The van der Waals surface area contributed by atoms with Crippen LogP contribution in [-0.2, 0) is 6.18 Å². The summed E-state index contributed by atoms with van der Waals surface area (Å²) in [5.41, 5.74) is 3.53. The monoisotopic (exact) mass is 274 g/mol. The second-order valence-electron chi connectivity index (χ2n) is 5.04. The normalized spacial score (nSPS) is 15.3. The van der Waals surface area contributed by atoms with Gasteiger partial charge in [-0.1, -0.05) is 26.3 Å². The summed E-state index contributed by atoms with van der Waals surface area (Å²) in [4.78, 5) is 0. The van der Waals surface area contributed by atoms with Crippen molar-refractivity contribution >= 4 is 0 Å². The molecule has 0 heterocycles. The summed E-state index contributed by atoms with van der Waals surface area (Å²) in [7, 11) is 0. The van der Waals surface area contributed by atoms with Gasteiger partial charge in [0.05, 0.1) is 5.56 Å². The Morgan fingerprint density at radius 3 is 2.37 bits per heavy atom. The molecule has 108 valence electrons. The Balaban J connectivity index is 3.00. The van der Waals surface area contributed by atoms with Gasteiger partial charge in [-0.05, 0) is 42.5 Å². The highest BCUT2D eigenvalue weighted by Gasteiger charge is 2.31. The molecule has 3 N–H and O–H groups in total. The standard InChI is InChI=1S/C14H21F3N2/c1-4-9(2)7-13(19-18)12-6-5-11(8-10(12)3)14(15,16)17/h5-6,8-9,13,19H,4,7,18H2,1-3H3. The van der Waals surface area contributed by atoms with Crippen LogP contribution in [0.3, 0.4) is 0 Å². The molecule has 5 heteroatoms. The van der Waals surface area contributed by atoms with Gasteiger partial charge in [0, 0.05) is 6.04 Å². The van der Waals surface area contributed by atoms with Crippen LogP contribution in [0.25, 0.3) is 0 Å². The molecule has 1 aromatic rings. The molecule has 0 radical (unpaired) electrons. The van der Waals surface area contributed by atoms with Crippen molar-refractivity contribution in [1.29, 1.82) is 0 Å². The summed E-state index contributed by atoms with van der Waals surface area (Å²) < 4.78 is 37.8. The van der Waals surface area contributed by atoms with Crippen LogP contribution in [0.5, 0.6) is 0 Å². The molecule has 0 aliphatic rings. The molecule has 1 rings (SSSR count). The second kappa shape index (κ2) is 6.39. The van der Waals surface area contributed by atoms with Gasteiger partial charge in [0.1, 0.15) is 0 Å². The molecule has 2 nitrogen and oxygen atoms in total. The van der Waals surface area contributed by atoms with Crippen LogP contribution in [0.2, 0.25) is 0 Å². The van der Waals surface area contributed by atoms with Crippen molar-refractivity contribution in [2.45, 2.75) is 45.8 Å². The lowest BCUT2D eigenvalue weighted by atomic mass is 9.91. The Bertz CT molecular complexity index is 416. The zero-order valence-corrected chi connectivity index (χ0v) is 11.5. The Kier molecular flexibility index (Phi) is 5.38. The average Bonchev–Trinajstić information content (AvgIpc) is 2.34.